The Labute approximate surface area is 170 Å². The molecular formula is C23H25NO3S. The zero-order chi connectivity index (χ0) is 19.3. The Kier molecular flexibility index (Phi) is 5.81. The number of thiazole rings is 1. The summed E-state index contributed by atoms with van der Waals surface area (Å²) in [6, 6.07) is 12.4. The molecule has 3 aromatic rings. The molecule has 0 saturated heterocycles. The number of fused-ring (bicyclic) bond motifs is 1. The summed E-state index contributed by atoms with van der Waals surface area (Å²) in [6.45, 7) is 3.22. The van der Waals surface area contributed by atoms with Gasteiger partial charge in [0, 0.05) is 23.1 Å². The Hall–Kier alpha value is -2.53. The first-order chi connectivity index (χ1) is 13.7. The number of methoxy groups -OCH3 is 1. The third-order valence-corrected chi connectivity index (χ3v) is 5.92. The maximum Gasteiger partial charge on any atom is 0.161 e. The van der Waals surface area contributed by atoms with E-state index in [2.05, 4.69) is 23.2 Å². The molecule has 0 radical (unpaired) electrons. The van der Waals surface area contributed by atoms with Crippen molar-refractivity contribution in [1.82, 2.24) is 4.98 Å². The van der Waals surface area contributed by atoms with Gasteiger partial charge in [0.2, 0.25) is 0 Å². The molecule has 1 aromatic heterocycles. The van der Waals surface area contributed by atoms with Crippen molar-refractivity contribution in [3.8, 4) is 27.8 Å². The van der Waals surface area contributed by atoms with Gasteiger partial charge in [-0.3, -0.25) is 0 Å². The SMILES string of the molecule is COc1cc(-c2nc(C)cs2)ccc1OCCCOc1ccc2c(c1)CCC2. The van der Waals surface area contributed by atoms with Gasteiger partial charge in [0.15, 0.2) is 11.5 Å². The molecule has 0 bridgehead atoms. The summed E-state index contributed by atoms with van der Waals surface area (Å²) in [5, 5.41) is 3.04. The summed E-state index contributed by atoms with van der Waals surface area (Å²) in [5.74, 6) is 2.43. The molecule has 28 heavy (non-hydrogen) atoms. The molecule has 146 valence electrons. The van der Waals surface area contributed by atoms with Gasteiger partial charge in [-0.15, -0.1) is 11.3 Å². The van der Waals surface area contributed by atoms with Crippen LogP contribution in [0.25, 0.3) is 10.6 Å². The summed E-state index contributed by atoms with van der Waals surface area (Å²) < 4.78 is 17.3. The van der Waals surface area contributed by atoms with Crippen molar-refractivity contribution >= 4 is 11.3 Å². The van der Waals surface area contributed by atoms with Crippen LogP contribution in [0.3, 0.4) is 0 Å². The largest absolute Gasteiger partial charge is 0.493 e. The lowest BCUT2D eigenvalue weighted by Crippen LogP contribution is -2.06. The maximum absolute atomic E-state index is 5.91. The first-order valence-corrected chi connectivity index (χ1v) is 10.6. The van der Waals surface area contributed by atoms with E-state index < -0.39 is 0 Å². The number of hydrogen-bond acceptors (Lipinski definition) is 5. The van der Waals surface area contributed by atoms with E-state index in [1.165, 1.54) is 30.4 Å². The van der Waals surface area contributed by atoms with Crippen LogP contribution in [0.5, 0.6) is 17.2 Å². The molecule has 0 unspecified atom stereocenters. The van der Waals surface area contributed by atoms with Gasteiger partial charge in [-0.25, -0.2) is 4.98 Å². The average Bonchev–Trinajstić information content (AvgIpc) is 3.36. The first-order valence-electron chi connectivity index (χ1n) is 9.71. The zero-order valence-corrected chi connectivity index (χ0v) is 17.2. The molecule has 0 N–H and O–H groups in total. The highest BCUT2D eigenvalue weighted by Gasteiger charge is 2.12. The quantitative estimate of drug-likeness (QED) is 0.475. The van der Waals surface area contributed by atoms with Gasteiger partial charge >= 0.3 is 0 Å². The minimum Gasteiger partial charge on any atom is -0.493 e. The fourth-order valence-corrected chi connectivity index (χ4v) is 4.27. The summed E-state index contributed by atoms with van der Waals surface area (Å²) in [7, 11) is 1.66. The van der Waals surface area contributed by atoms with Gasteiger partial charge in [-0.05, 0) is 67.6 Å². The second kappa shape index (κ2) is 8.65. The van der Waals surface area contributed by atoms with E-state index in [1.807, 2.05) is 30.5 Å². The van der Waals surface area contributed by atoms with Gasteiger partial charge in [-0.2, -0.15) is 0 Å². The number of nitrogens with zero attached hydrogens (tertiary/aromatic N) is 1. The molecule has 0 fully saturated rings. The van der Waals surface area contributed by atoms with Crippen molar-refractivity contribution in [2.24, 2.45) is 0 Å². The second-order valence-corrected chi connectivity index (χ2v) is 7.85. The Balaban J connectivity index is 1.28. The van der Waals surface area contributed by atoms with Crippen LogP contribution in [-0.2, 0) is 12.8 Å². The summed E-state index contributed by atoms with van der Waals surface area (Å²) in [5.41, 5.74) is 4.98. The molecule has 0 aliphatic heterocycles. The fraction of sp³-hybridized carbons (Fsp3) is 0.348. The van der Waals surface area contributed by atoms with E-state index in [4.69, 9.17) is 14.2 Å². The van der Waals surface area contributed by atoms with Crippen LogP contribution in [-0.4, -0.2) is 25.3 Å². The Morgan fingerprint density at radius 1 is 0.964 bits per heavy atom. The van der Waals surface area contributed by atoms with Crippen LogP contribution in [0, 0.1) is 6.92 Å². The molecule has 4 rings (SSSR count). The number of hydrogen-bond donors (Lipinski definition) is 0. The van der Waals surface area contributed by atoms with E-state index >= 15 is 0 Å². The molecule has 4 nitrogen and oxygen atoms in total. The van der Waals surface area contributed by atoms with Crippen molar-refractivity contribution in [2.75, 3.05) is 20.3 Å². The lowest BCUT2D eigenvalue weighted by molar-refractivity contribution is 0.240. The highest BCUT2D eigenvalue weighted by atomic mass is 32.1. The predicted molar refractivity (Wildman–Crippen MR) is 113 cm³/mol. The van der Waals surface area contributed by atoms with Crippen LogP contribution in [0.1, 0.15) is 29.7 Å². The number of aryl methyl sites for hydroxylation is 3. The smallest absolute Gasteiger partial charge is 0.161 e. The molecule has 0 saturated carbocycles. The summed E-state index contributed by atoms with van der Waals surface area (Å²) >= 11 is 1.63. The monoisotopic (exact) mass is 395 g/mol. The summed E-state index contributed by atoms with van der Waals surface area (Å²) in [4.78, 5) is 4.53. The highest BCUT2D eigenvalue weighted by molar-refractivity contribution is 7.13. The standard InChI is InChI=1S/C23H25NO3S/c1-16-15-28-23(24-16)19-8-10-21(22(14-19)25-2)27-12-4-11-26-20-9-7-17-5-3-6-18(17)13-20/h7-10,13-15H,3-6,11-12H2,1-2H3. The Morgan fingerprint density at radius 3 is 2.64 bits per heavy atom. The van der Waals surface area contributed by atoms with E-state index in [9.17, 15) is 0 Å². The zero-order valence-electron chi connectivity index (χ0n) is 16.4. The van der Waals surface area contributed by atoms with E-state index in [0.717, 1.165) is 39.9 Å². The van der Waals surface area contributed by atoms with Crippen molar-refractivity contribution in [3.63, 3.8) is 0 Å². The summed E-state index contributed by atoms with van der Waals surface area (Å²) in [6.07, 6.45) is 4.45. The third-order valence-electron chi connectivity index (χ3n) is 4.91. The van der Waals surface area contributed by atoms with Gasteiger partial charge in [0.1, 0.15) is 10.8 Å². The van der Waals surface area contributed by atoms with Gasteiger partial charge in [-0.1, -0.05) is 6.07 Å². The molecule has 0 atom stereocenters. The third kappa shape index (κ3) is 4.30. The average molecular weight is 396 g/mol. The molecule has 0 spiro atoms. The number of rotatable bonds is 8. The van der Waals surface area contributed by atoms with E-state index in [-0.39, 0.29) is 0 Å². The Morgan fingerprint density at radius 2 is 1.82 bits per heavy atom. The highest BCUT2D eigenvalue weighted by Crippen LogP contribution is 2.34. The van der Waals surface area contributed by atoms with Crippen molar-refractivity contribution < 1.29 is 14.2 Å². The van der Waals surface area contributed by atoms with Crippen molar-refractivity contribution in [2.45, 2.75) is 32.6 Å². The topological polar surface area (TPSA) is 40.6 Å². The normalized spacial score (nSPS) is 12.6. The molecule has 5 heteroatoms. The van der Waals surface area contributed by atoms with Crippen molar-refractivity contribution in [1.29, 1.82) is 0 Å². The number of benzene rings is 2. The number of aromatic nitrogens is 1. The molecule has 1 aliphatic rings. The van der Waals surface area contributed by atoms with Crippen LogP contribution in [0.4, 0.5) is 0 Å². The second-order valence-electron chi connectivity index (χ2n) is 6.99. The van der Waals surface area contributed by atoms with E-state index in [1.54, 1.807) is 18.4 Å². The maximum atomic E-state index is 5.91. The molecule has 1 aliphatic carbocycles. The predicted octanol–water partition coefficient (Wildman–Crippen LogP) is 5.46. The molecular weight excluding hydrogens is 370 g/mol. The lowest BCUT2D eigenvalue weighted by Gasteiger charge is -2.12. The molecule has 0 amide bonds. The minimum absolute atomic E-state index is 0.580. The Bertz CT molecular complexity index is 951. The fourth-order valence-electron chi connectivity index (χ4n) is 3.48. The van der Waals surface area contributed by atoms with Gasteiger partial charge in [0.05, 0.1) is 20.3 Å². The minimum atomic E-state index is 0.580. The van der Waals surface area contributed by atoms with Crippen LogP contribution in [0.15, 0.2) is 41.8 Å². The molecule has 2 aromatic carbocycles. The van der Waals surface area contributed by atoms with Crippen LogP contribution in [0.2, 0.25) is 0 Å². The van der Waals surface area contributed by atoms with Crippen molar-refractivity contribution in [3.05, 3.63) is 58.6 Å². The van der Waals surface area contributed by atoms with Crippen LogP contribution < -0.4 is 14.2 Å². The van der Waals surface area contributed by atoms with Gasteiger partial charge < -0.3 is 14.2 Å². The first kappa shape index (κ1) is 18.8. The number of ether oxygens (including phenoxy) is 3. The van der Waals surface area contributed by atoms with E-state index in [0.29, 0.717) is 13.2 Å². The van der Waals surface area contributed by atoms with Gasteiger partial charge in [0.25, 0.3) is 0 Å². The lowest BCUT2D eigenvalue weighted by atomic mass is 10.1. The molecule has 1 heterocycles. The van der Waals surface area contributed by atoms with Crippen LogP contribution >= 0.6 is 11.3 Å².